The first-order valence-electron chi connectivity index (χ1n) is 3.33. The summed E-state index contributed by atoms with van der Waals surface area (Å²) in [6, 6.07) is 1.99. The van der Waals surface area contributed by atoms with Crippen molar-refractivity contribution in [1.82, 2.24) is 12.3 Å². The van der Waals surface area contributed by atoms with Crippen molar-refractivity contribution in [1.29, 1.82) is 0 Å². The number of hydrogen-bond acceptors (Lipinski definition) is 2. The molecule has 2 aromatic rings. The van der Waals surface area contributed by atoms with E-state index in [1.165, 1.54) is 5.56 Å². The summed E-state index contributed by atoms with van der Waals surface area (Å²) in [7, 11) is 0. The summed E-state index contributed by atoms with van der Waals surface area (Å²) in [4.78, 5) is 8.50. The summed E-state index contributed by atoms with van der Waals surface area (Å²) in [5.41, 5.74) is 3.26. The molecule has 0 aliphatic rings. The number of imidazole rings is 1. The summed E-state index contributed by atoms with van der Waals surface area (Å²) in [5, 5.41) is 0. The zero-order valence-electron chi connectivity index (χ0n) is 6.15. The minimum atomic E-state index is 0.749. The summed E-state index contributed by atoms with van der Waals surface area (Å²) >= 11 is 0.749. The normalized spacial score (nSPS) is 10.5. The van der Waals surface area contributed by atoms with Gasteiger partial charge in [0.25, 0.3) is 0 Å². The van der Waals surface area contributed by atoms with E-state index in [1.807, 2.05) is 18.6 Å². The molecule has 0 bridgehead atoms. The van der Waals surface area contributed by atoms with Crippen LogP contribution in [0.3, 0.4) is 0 Å². The molecule has 4 heteroatoms. The van der Waals surface area contributed by atoms with Gasteiger partial charge >= 0.3 is 80.7 Å². The fourth-order valence-electron chi connectivity index (χ4n) is 1.06. The van der Waals surface area contributed by atoms with Crippen molar-refractivity contribution in [3.63, 3.8) is 0 Å². The van der Waals surface area contributed by atoms with Gasteiger partial charge in [0.1, 0.15) is 0 Å². The summed E-state index contributed by atoms with van der Waals surface area (Å²) < 4.78 is 2.09. The van der Waals surface area contributed by atoms with Crippen LogP contribution in [0, 0.1) is 6.92 Å². The average molecular weight is 337 g/mol. The summed E-state index contributed by atoms with van der Waals surface area (Å²) in [5.74, 6) is 0. The van der Waals surface area contributed by atoms with Crippen LogP contribution in [0.5, 0.6) is 0 Å². The number of aromatic nitrogens is 3. The predicted octanol–water partition coefficient (Wildman–Crippen LogP) is 0.671. The Balaban J connectivity index is 2.94. The molecule has 0 spiro atoms. The molecule has 3 nitrogen and oxygen atoms in total. The van der Waals surface area contributed by atoms with Gasteiger partial charge in [0.15, 0.2) is 0 Å². The maximum atomic E-state index is 4.26. The molecule has 2 rings (SSSR count). The third-order valence-electron chi connectivity index (χ3n) is 1.66. The van der Waals surface area contributed by atoms with Gasteiger partial charge in [-0.05, 0) is 0 Å². The molecule has 52 valence electrons. The second kappa shape index (κ2) is 2.54. The minimum absolute atomic E-state index is 0.749. The van der Waals surface area contributed by atoms with Gasteiger partial charge in [-0.2, -0.15) is 0 Å². The average Bonchev–Trinajstić information content (AvgIpc) is 2.35. The Morgan fingerprint density at radius 1 is 1.45 bits per heavy atom. The van der Waals surface area contributed by atoms with E-state index in [9.17, 15) is 0 Å². The zero-order chi connectivity index (χ0) is 7.84. The first kappa shape index (κ1) is 7.21. The molecule has 2 aromatic heterocycles. The van der Waals surface area contributed by atoms with Gasteiger partial charge in [0.05, 0.1) is 0 Å². The standard InChI is InChI=1S/C7H6N3.Tl/c1-5-2-3-8-7-6(5)9-4-10-7;/h2-4H,1H3;/q-1;+1. The van der Waals surface area contributed by atoms with Crippen LogP contribution in [0.15, 0.2) is 18.6 Å². The number of aryl methyl sites for hydroxylation is 1. The topological polar surface area (TPSA) is 30.7 Å². The van der Waals surface area contributed by atoms with Crippen molar-refractivity contribution in [2.75, 3.05) is 0 Å². The molecule has 0 saturated heterocycles. The number of hydrogen-bond donors (Lipinski definition) is 0. The van der Waals surface area contributed by atoms with Crippen LogP contribution in [0.1, 0.15) is 5.56 Å². The Bertz CT molecular complexity index is 393. The van der Waals surface area contributed by atoms with Crippen molar-refractivity contribution in [2.24, 2.45) is 0 Å². The number of rotatable bonds is 0. The number of pyridine rings is 1. The van der Waals surface area contributed by atoms with Crippen LogP contribution >= 0.6 is 0 Å². The third kappa shape index (κ3) is 1.07. The molecular formula is C7H6N3Tl. The van der Waals surface area contributed by atoms with E-state index in [2.05, 4.69) is 19.3 Å². The fourth-order valence-corrected chi connectivity index (χ4v) is 2.05. The molecule has 0 amide bonds. The molecule has 11 heavy (non-hydrogen) atoms. The van der Waals surface area contributed by atoms with Crippen LogP contribution in [0.25, 0.3) is 11.2 Å². The second-order valence-electron chi connectivity index (χ2n) is 2.45. The van der Waals surface area contributed by atoms with Crippen molar-refractivity contribution < 1.29 is 0 Å². The van der Waals surface area contributed by atoms with E-state index in [1.54, 1.807) is 0 Å². The van der Waals surface area contributed by atoms with E-state index in [4.69, 9.17) is 0 Å². The Kier molecular flexibility index (Phi) is 1.67. The number of nitrogens with zero attached hydrogens (tertiary/aromatic N) is 3. The van der Waals surface area contributed by atoms with Crippen molar-refractivity contribution in [2.45, 2.75) is 6.92 Å². The summed E-state index contributed by atoms with van der Waals surface area (Å²) in [6.45, 7) is 2.06. The summed E-state index contributed by atoms with van der Waals surface area (Å²) in [6.07, 6.45) is 3.69. The van der Waals surface area contributed by atoms with Crippen molar-refractivity contribution >= 4 is 37.2 Å². The van der Waals surface area contributed by atoms with Gasteiger partial charge in [-0.1, -0.05) is 0 Å². The monoisotopic (exact) mass is 337 g/mol. The van der Waals surface area contributed by atoms with Crippen LogP contribution < -0.4 is 0 Å². The second-order valence-corrected chi connectivity index (χ2v) is 4.61. The molecule has 0 N–H and O–H groups in total. The van der Waals surface area contributed by atoms with Gasteiger partial charge in [0.2, 0.25) is 0 Å². The Morgan fingerprint density at radius 3 is 3.00 bits per heavy atom. The molecule has 0 radical (unpaired) electrons. The molecule has 0 fully saturated rings. The van der Waals surface area contributed by atoms with E-state index in [0.717, 1.165) is 37.2 Å². The van der Waals surface area contributed by atoms with Gasteiger partial charge in [-0.25, -0.2) is 0 Å². The van der Waals surface area contributed by atoms with E-state index in [-0.39, 0.29) is 0 Å². The van der Waals surface area contributed by atoms with Crippen LogP contribution in [-0.2, 0) is 0 Å². The molecular weight excluding hydrogens is 330 g/mol. The molecule has 0 unspecified atom stereocenters. The van der Waals surface area contributed by atoms with E-state index >= 15 is 0 Å². The first-order valence-corrected chi connectivity index (χ1v) is 5.33. The van der Waals surface area contributed by atoms with Gasteiger partial charge < -0.3 is 0 Å². The Morgan fingerprint density at radius 2 is 2.27 bits per heavy atom. The van der Waals surface area contributed by atoms with Crippen LogP contribution in [0.2, 0.25) is 0 Å². The zero-order valence-corrected chi connectivity index (χ0v) is 10.6. The van der Waals surface area contributed by atoms with Gasteiger partial charge in [-0.15, -0.1) is 0 Å². The van der Waals surface area contributed by atoms with Crippen molar-refractivity contribution in [3.8, 4) is 0 Å². The molecule has 0 aromatic carbocycles. The molecule has 0 aliphatic carbocycles. The Labute approximate surface area is 80.6 Å². The third-order valence-corrected chi connectivity index (χ3v) is 3.13. The molecule has 0 saturated carbocycles. The molecule has 0 atom stereocenters. The van der Waals surface area contributed by atoms with Crippen LogP contribution in [-0.4, -0.2) is 38.4 Å². The predicted molar refractivity (Wildman–Crippen MR) is 43.4 cm³/mol. The SMILES string of the molecule is Cc1ccnc2c1nc[n]2[Tl]. The molecule has 2 heterocycles. The van der Waals surface area contributed by atoms with Gasteiger partial charge in [-0.3, -0.25) is 0 Å². The number of fused-ring (bicyclic) bond motifs is 1. The van der Waals surface area contributed by atoms with Crippen LogP contribution in [0.4, 0.5) is 0 Å². The first-order chi connectivity index (χ1) is 5.29. The Hall–Kier alpha value is -0.458. The van der Waals surface area contributed by atoms with E-state index in [0.29, 0.717) is 0 Å². The maximum absolute atomic E-state index is 4.26. The fraction of sp³-hybridized carbons (Fsp3) is 0.143. The van der Waals surface area contributed by atoms with E-state index < -0.39 is 0 Å². The molecule has 0 aliphatic heterocycles. The van der Waals surface area contributed by atoms with Crippen molar-refractivity contribution in [3.05, 3.63) is 24.2 Å². The quantitative estimate of drug-likeness (QED) is 0.662. The van der Waals surface area contributed by atoms with Gasteiger partial charge in [0, 0.05) is 0 Å².